The molecule has 0 radical (unpaired) electrons. The van der Waals surface area contributed by atoms with Crippen molar-refractivity contribution in [3.63, 3.8) is 0 Å². The Morgan fingerprint density at radius 1 is 0.638 bits per heavy atom. The van der Waals surface area contributed by atoms with Gasteiger partial charge in [-0.3, -0.25) is 0 Å². The first-order valence-corrected chi connectivity index (χ1v) is 15.9. The van der Waals surface area contributed by atoms with Gasteiger partial charge in [0.05, 0.1) is 0 Å². The average molecular weight is 607 g/mol. The summed E-state index contributed by atoms with van der Waals surface area (Å²) in [6.07, 6.45) is 3.63. The first-order valence-electron chi connectivity index (χ1n) is 15.9. The minimum atomic E-state index is -0.318. The molecule has 7 aromatic rings. The summed E-state index contributed by atoms with van der Waals surface area (Å²) in [5, 5.41) is 7.10. The first kappa shape index (κ1) is 27.1. The number of nitrogen functional groups attached to an aromatic ring is 1. The monoisotopic (exact) mass is 606 g/mol. The zero-order valence-electron chi connectivity index (χ0n) is 25.7. The molecule has 0 spiro atoms. The third-order valence-electron chi connectivity index (χ3n) is 9.23. The predicted octanol–water partition coefficient (Wildman–Crippen LogP) is 10.0. The molecular formula is C42H30N4O. The molecule has 2 heterocycles. The molecule has 5 heteroatoms. The fourth-order valence-corrected chi connectivity index (χ4v) is 7.10. The van der Waals surface area contributed by atoms with E-state index in [1.165, 1.54) is 38.6 Å². The lowest BCUT2D eigenvalue weighted by Gasteiger charge is -2.24. The second kappa shape index (κ2) is 10.7. The van der Waals surface area contributed by atoms with E-state index in [4.69, 9.17) is 20.1 Å². The van der Waals surface area contributed by atoms with Crippen LogP contribution in [-0.2, 0) is 0 Å². The van der Waals surface area contributed by atoms with E-state index in [2.05, 4.69) is 102 Å². The summed E-state index contributed by atoms with van der Waals surface area (Å²) in [5.74, 6) is 1.77. The van der Waals surface area contributed by atoms with Crippen molar-refractivity contribution in [1.29, 1.82) is 0 Å². The fraction of sp³-hybridized carbons (Fsp3) is 0.0476. The molecule has 2 aliphatic rings. The smallest absolute Gasteiger partial charge is 0.198 e. The average Bonchev–Trinajstić information content (AvgIpc) is 3.63. The normalized spacial score (nSPS) is 15.1. The number of rotatable bonds is 5. The zero-order valence-corrected chi connectivity index (χ0v) is 25.7. The standard InChI is InChI=1S/C42H30N4O/c1-2-10-34-38-35(17-9-18-36(38)47-39(34)43)42-45-40(26-11-4-3-5-12-26)44-41(46-42)27-21-19-25(20-22-27)28-23-24-33-30-14-7-6-13-29(30)32-16-8-15-31(28)37(32)33/h2-24,40H,43H2,1H3,(H,44,45,46)/b10-2-. The molecule has 1 aromatic heterocycles. The van der Waals surface area contributed by atoms with Crippen molar-refractivity contribution in [2.75, 3.05) is 5.73 Å². The molecule has 0 bridgehead atoms. The van der Waals surface area contributed by atoms with Gasteiger partial charge in [0.25, 0.3) is 0 Å². The van der Waals surface area contributed by atoms with E-state index in [0.717, 1.165) is 44.6 Å². The highest BCUT2D eigenvalue weighted by Crippen LogP contribution is 2.49. The Morgan fingerprint density at radius 2 is 1.30 bits per heavy atom. The van der Waals surface area contributed by atoms with Gasteiger partial charge in [-0.1, -0.05) is 133 Å². The summed E-state index contributed by atoms with van der Waals surface area (Å²) in [5.41, 5.74) is 18.4. The van der Waals surface area contributed by atoms with Crippen LogP contribution in [-0.4, -0.2) is 11.7 Å². The molecule has 9 rings (SSSR count). The van der Waals surface area contributed by atoms with Gasteiger partial charge in [-0.25, -0.2) is 9.98 Å². The van der Waals surface area contributed by atoms with Gasteiger partial charge in [-0.15, -0.1) is 0 Å². The maximum absolute atomic E-state index is 6.31. The van der Waals surface area contributed by atoms with Crippen LogP contribution in [0, 0.1) is 0 Å². The minimum absolute atomic E-state index is 0.318. The Hall–Kier alpha value is -6.20. The molecule has 0 amide bonds. The molecule has 0 fully saturated rings. The quantitative estimate of drug-likeness (QED) is 0.205. The van der Waals surface area contributed by atoms with Crippen LogP contribution in [0.1, 0.15) is 35.3 Å². The Labute approximate surface area is 272 Å². The largest absolute Gasteiger partial charge is 0.440 e. The summed E-state index contributed by atoms with van der Waals surface area (Å²) in [6, 6.07) is 44.7. The summed E-state index contributed by atoms with van der Waals surface area (Å²) < 4.78 is 5.94. The summed E-state index contributed by atoms with van der Waals surface area (Å²) in [6.45, 7) is 1.97. The van der Waals surface area contributed by atoms with E-state index in [1.807, 2.05) is 49.4 Å². The Morgan fingerprint density at radius 3 is 2.09 bits per heavy atom. The maximum Gasteiger partial charge on any atom is 0.198 e. The van der Waals surface area contributed by atoms with Crippen molar-refractivity contribution < 1.29 is 4.42 Å². The Kier molecular flexibility index (Phi) is 6.18. The Balaban J connectivity index is 1.15. The predicted molar refractivity (Wildman–Crippen MR) is 195 cm³/mol. The molecule has 3 N–H and O–H groups in total. The number of nitrogens with two attached hydrogens (primary N) is 1. The molecule has 1 unspecified atom stereocenters. The van der Waals surface area contributed by atoms with Gasteiger partial charge in [0, 0.05) is 22.1 Å². The minimum Gasteiger partial charge on any atom is -0.440 e. The molecule has 6 aromatic carbocycles. The molecule has 0 saturated heterocycles. The third kappa shape index (κ3) is 4.32. The van der Waals surface area contributed by atoms with E-state index in [-0.39, 0.29) is 6.17 Å². The van der Waals surface area contributed by atoms with E-state index < -0.39 is 0 Å². The SMILES string of the molecule is C/C=C\c1c(N)oc2cccc(C3=NC(c4ccc(-c5ccc6c7c(cccc57)-c5ccccc5-6)cc4)=NC(c4ccccc4)N3)c12. The van der Waals surface area contributed by atoms with Crippen molar-refractivity contribution in [3.05, 3.63) is 156 Å². The van der Waals surface area contributed by atoms with Crippen molar-refractivity contribution in [3.8, 4) is 33.4 Å². The summed E-state index contributed by atoms with van der Waals surface area (Å²) in [4.78, 5) is 10.2. The highest BCUT2D eigenvalue weighted by molar-refractivity contribution is 6.20. The van der Waals surface area contributed by atoms with Gasteiger partial charge in [0.1, 0.15) is 17.6 Å². The number of hydrogen-bond donors (Lipinski definition) is 2. The van der Waals surface area contributed by atoms with Gasteiger partial charge >= 0.3 is 0 Å². The number of benzene rings is 6. The van der Waals surface area contributed by atoms with Gasteiger partial charge in [-0.2, -0.15) is 0 Å². The number of allylic oxidation sites excluding steroid dienone is 1. The van der Waals surface area contributed by atoms with Crippen LogP contribution in [0.5, 0.6) is 0 Å². The van der Waals surface area contributed by atoms with Crippen LogP contribution in [0.2, 0.25) is 0 Å². The van der Waals surface area contributed by atoms with Crippen LogP contribution in [0.15, 0.2) is 148 Å². The van der Waals surface area contributed by atoms with Gasteiger partial charge in [0.15, 0.2) is 11.7 Å². The number of furan rings is 1. The van der Waals surface area contributed by atoms with E-state index in [9.17, 15) is 0 Å². The molecule has 1 aliphatic carbocycles. The molecule has 0 saturated carbocycles. The molecular weight excluding hydrogens is 576 g/mol. The maximum atomic E-state index is 6.31. The number of hydrogen-bond acceptors (Lipinski definition) is 5. The van der Waals surface area contributed by atoms with Crippen LogP contribution < -0.4 is 11.1 Å². The highest BCUT2D eigenvalue weighted by Gasteiger charge is 2.25. The second-order valence-electron chi connectivity index (χ2n) is 11.9. The molecule has 224 valence electrons. The van der Waals surface area contributed by atoms with Gasteiger partial charge in [0.2, 0.25) is 0 Å². The van der Waals surface area contributed by atoms with Crippen molar-refractivity contribution in [2.45, 2.75) is 13.1 Å². The molecule has 5 nitrogen and oxygen atoms in total. The van der Waals surface area contributed by atoms with Crippen LogP contribution in [0.25, 0.3) is 61.2 Å². The third-order valence-corrected chi connectivity index (χ3v) is 9.23. The number of nitrogens with zero attached hydrogens (tertiary/aromatic N) is 2. The van der Waals surface area contributed by atoms with Crippen molar-refractivity contribution >= 4 is 45.4 Å². The van der Waals surface area contributed by atoms with E-state index >= 15 is 0 Å². The van der Waals surface area contributed by atoms with Crippen LogP contribution >= 0.6 is 0 Å². The topological polar surface area (TPSA) is 75.9 Å². The number of amidine groups is 2. The zero-order chi connectivity index (χ0) is 31.5. The van der Waals surface area contributed by atoms with E-state index in [0.29, 0.717) is 11.7 Å². The lowest BCUT2D eigenvalue weighted by molar-refractivity contribution is 0.636. The second-order valence-corrected chi connectivity index (χ2v) is 11.9. The van der Waals surface area contributed by atoms with E-state index in [1.54, 1.807) is 0 Å². The number of anilines is 1. The first-order chi connectivity index (χ1) is 23.2. The van der Waals surface area contributed by atoms with Gasteiger partial charge in [-0.05, 0) is 62.7 Å². The number of aliphatic imine (C=N–C) groups is 2. The van der Waals surface area contributed by atoms with Crippen LogP contribution in [0.3, 0.4) is 0 Å². The van der Waals surface area contributed by atoms with Crippen LogP contribution in [0.4, 0.5) is 5.88 Å². The number of nitrogens with one attached hydrogen (secondary N) is 1. The summed E-state index contributed by atoms with van der Waals surface area (Å²) in [7, 11) is 0. The van der Waals surface area contributed by atoms with Gasteiger partial charge < -0.3 is 15.5 Å². The summed E-state index contributed by atoms with van der Waals surface area (Å²) >= 11 is 0. The highest BCUT2D eigenvalue weighted by atomic mass is 16.3. The fourth-order valence-electron chi connectivity index (χ4n) is 7.10. The van der Waals surface area contributed by atoms with Crippen molar-refractivity contribution in [2.24, 2.45) is 9.98 Å². The lowest BCUT2D eigenvalue weighted by atomic mass is 9.94. The number of fused-ring (bicyclic) bond motifs is 4. The van der Waals surface area contributed by atoms with Crippen molar-refractivity contribution in [1.82, 2.24) is 5.32 Å². The molecule has 1 aliphatic heterocycles. The Bertz CT molecular complexity index is 2420. The molecule has 1 atom stereocenters. The molecule has 47 heavy (non-hydrogen) atoms. The lowest BCUT2D eigenvalue weighted by Crippen LogP contribution is -2.33.